The van der Waals surface area contributed by atoms with Crippen LogP contribution in [0.1, 0.15) is 32.7 Å². The van der Waals surface area contributed by atoms with E-state index in [2.05, 4.69) is 0 Å². The van der Waals surface area contributed by atoms with Crippen LogP contribution in [0.15, 0.2) is 54.6 Å². The number of benzene rings is 2. The summed E-state index contributed by atoms with van der Waals surface area (Å²) < 4.78 is 13.6. The standard InChI is InChI=1S/C21H26N2O3/c1-15(2)25-14-17(24)13-23-20-12-8-7-11-19(20)22-21(23)16(3)26-18-9-5-4-6-10-18/h4-12,15-17,24H,13-14H2,1-3H3/t16-,17-/m1/s1. The number of rotatable bonds is 8. The smallest absolute Gasteiger partial charge is 0.153 e. The van der Waals surface area contributed by atoms with Crippen molar-refractivity contribution in [3.63, 3.8) is 0 Å². The minimum absolute atomic E-state index is 0.0870. The van der Waals surface area contributed by atoms with Gasteiger partial charge in [0, 0.05) is 0 Å². The second-order valence-electron chi connectivity index (χ2n) is 6.68. The first-order valence-electron chi connectivity index (χ1n) is 9.01. The first-order valence-corrected chi connectivity index (χ1v) is 9.01. The van der Waals surface area contributed by atoms with Crippen LogP contribution in [0.4, 0.5) is 0 Å². The van der Waals surface area contributed by atoms with Gasteiger partial charge in [0.15, 0.2) is 11.9 Å². The third-order valence-electron chi connectivity index (χ3n) is 4.12. The maximum atomic E-state index is 10.4. The van der Waals surface area contributed by atoms with Crippen molar-refractivity contribution in [2.45, 2.75) is 45.6 Å². The second kappa shape index (κ2) is 8.34. The summed E-state index contributed by atoms with van der Waals surface area (Å²) in [6.07, 6.45) is -0.773. The number of nitrogens with zero attached hydrogens (tertiary/aromatic N) is 2. The molecule has 1 N–H and O–H groups in total. The normalized spacial score (nSPS) is 13.9. The molecule has 0 spiro atoms. The summed E-state index contributed by atoms with van der Waals surface area (Å²) in [4.78, 5) is 4.74. The maximum absolute atomic E-state index is 10.4. The Labute approximate surface area is 154 Å². The average Bonchev–Trinajstić information content (AvgIpc) is 2.99. The van der Waals surface area contributed by atoms with Crippen molar-refractivity contribution in [3.8, 4) is 5.75 Å². The molecule has 5 nitrogen and oxygen atoms in total. The van der Waals surface area contributed by atoms with Crippen LogP contribution < -0.4 is 4.74 Å². The molecule has 2 atom stereocenters. The molecule has 1 heterocycles. The molecule has 0 amide bonds. The number of aliphatic hydroxyl groups is 1. The van der Waals surface area contributed by atoms with Crippen LogP contribution in [0.25, 0.3) is 11.0 Å². The van der Waals surface area contributed by atoms with Crippen molar-refractivity contribution in [1.29, 1.82) is 0 Å². The van der Waals surface area contributed by atoms with E-state index in [0.717, 1.165) is 22.6 Å². The fraction of sp³-hybridized carbons (Fsp3) is 0.381. The second-order valence-corrected chi connectivity index (χ2v) is 6.68. The van der Waals surface area contributed by atoms with Gasteiger partial charge in [0.05, 0.1) is 36.4 Å². The minimum Gasteiger partial charge on any atom is -0.483 e. The van der Waals surface area contributed by atoms with Gasteiger partial charge in [-0.2, -0.15) is 0 Å². The van der Waals surface area contributed by atoms with E-state index in [-0.39, 0.29) is 18.8 Å². The quantitative estimate of drug-likeness (QED) is 0.665. The van der Waals surface area contributed by atoms with E-state index in [1.807, 2.05) is 79.9 Å². The highest BCUT2D eigenvalue weighted by Gasteiger charge is 2.20. The Morgan fingerprint density at radius 2 is 1.69 bits per heavy atom. The average molecular weight is 354 g/mol. The lowest BCUT2D eigenvalue weighted by molar-refractivity contribution is -0.00107. The van der Waals surface area contributed by atoms with Crippen molar-refractivity contribution in [3.05, 3.63) is 60.4 Å². The maximum Gasteiger partial charge on any atom is 0.153 e. The van der Waals surface area contributed by atoms with Crippen LogP contribution in [0.2, 0.25) is 0 Å². The van der Waals surface area contributed by atoms with Gasteiger partial charge >= 0.3 is 0 Å². The van der Waals surface area contributed by atoms with Crippen LogP contribution in [0.3, 0.4) is 0 Å². The molecule has 0 unspecified atom stereocenters. The molecular formula is C21H26N2O3. The summed E-state index contributed by atoms with van der Waals surface area (Å²) in [7, 11) is 0. The molecule has 138 valence electrons. The summed E-state index contributed by atoms with van der Waals surface area (Å²) in [6.45, 7) is 6.59. The Balaban J connectivity index is 1.86. The third-order valence-corrected chi connectivity index (χ3v) is 4.12. The SMILES string of the molecule is CC(C)OC[C@H](O)Cn1c([C@@H](C)Oc2ccccc2)nc2ccccc21. The molecule has 0 aliphatic carbocycles. The first-order chi connectivity index (χ1) is 12.5. The van der Waals surface area contributed by atoms with Crippen molar-refractivity contribution < 1.29 is 14.6 Å². The lowest BCUT2D eigenvalue weighted by atomic mass is 10.3. The molecular weight excluding hydrogens is 328 g/mol. The number of imidazole rings is 1. The predicted molar refractivity (Wildman–Crippen MR) is 102 cm³/mol. The Kier molecular flexibility index (Phi) is 5.91. The lowest BCUT2D eigenvalue weighted by Crippen LogP contribution is -2.25. The van der Waals surface area contributed by atoms with Crippen LogP contribution >= 0.6 is 0 Å². The van der Waals surface area contributed by atoms with Crippen molar-refractivity contribution in [2.75, 3.05) is 6.61 Å². The number of ether oxygens (including phenoxy) is 2. The molecule has 0 bridgehead atoms. The van der Waals surface area contributed by atoms with Gasteiger partial charge in [-0.25, -0.2) is 4.98 Å². The van der Waals surface area contributed by atoms with Gasteiger partial charge in [-0.05, 0) is 45.0 Å². The molecule has 0 saturated heterocycles. The van der Waals surface area contributed by atoms with Gasteiger partial charge in [-0.1, -0.05) is 30.3 Å². The van der Waals surface area contributed by atoms with Crippen LogP contribution in [-0.4, -0.2) is 33.5 Å². The van der Waals surface area contributed by atoms with Gasteiger partial charge in [-0.3, -0.25) is 0 Å². The molecule has 0 fully saturated rings. The molecule has 3 aromatic rings. The molecule has 2 aromatic carbocycles. The minimum atomic E-state index is -0.613. The van der Waals surface area contributed by atoms with Gasteiger partial charge in [-0.15, -0.1) is 0 Å². The van der Waals surface area contributed by atoms with Gasteiger partial charge in [0.2, 0.25) is 0 Å². The van der Waals surface area contributed by atoms with E-state index < -0.39 is 6.10 Å². The third kappa shape index (κ3) is 4.42. The predicted octanol–water partition coefficient (Wildman–Crippen LogP) is 3.96. The zero-order valence-electron chi connectivity index (χ0n) is 15.5. The lowest BCUT2D eigenvalue weighted by Gasteiger charge is -2.19. The highest BCUT2D eigenvalue weighted by atomic mass is 16.5. The molecule has 0 saturated carbocycles. The molecule has 5 heteroatoms. The van der Waals surface area contributed by atoms with E-state index in [4.69, 9.17) is 14.5 Å². The largest absolute Gasteiger partial charge is 0.483 e. The fourth-order valence-electron chi connectivity index (χ4n) is 2.92. The fourth-order valence-corrected chi connectivity index (χ4v) is 2.92. The Morgan fingerprint density at radius 3 is 2.42 bits per heavy atom. The number of hydrogen-bond donors (Lipinski definition) is 1. The van der Waals surface area contributed by atoms with Crippen molar-refractivity contribution in [2.24, 2.45) is 0 Å². The first kappa shape index (κ1) is 18.4. The zero-order valence-corrected chi connectivity index (χ0v) is 15.5. The molecule has 26 heavy (non-hydrogen) atoms. The van der Waals surface area contributed by atoms with Gasteiger partial charge < -0.3 is 19.1 Å². The summed E-state index contributed by atoms with van der Waals surface area (Å²) in [5.74, 6) is 1.58. The number of aromatic nitrogens is 2. The van der Waals surface area contributed by atoms with E-state index in [1.165, 1.54) is 0 Å². The van der Waals surface area contributed by atoms with Crippen LogP contribution in [-0.2, 0) is 11.3 Å². The number of aliphatic hydroxyl groups excluding tert-OH is 1. The Hall–Kier alpha value is -2.37. The van der Waals surface area contributed by atoms with E-state index in [9.17, 15) is 5.11 Å². The Bertz CT molecular complexity index is 830. The summed E-state index contributed by atoms with van der Waals surface area (Å²) in [5.41, 5.74) is 1.87. The zero-order chi connectivity index (χ0) is 18.5. The summed E-state index contributed by atoms with van der Waals surface area (Å²) in [6, 6.07) is 17.6. The highest BCUT2D eigenvalue weighted by molar-refractivity contribution is 5.76. The number of para-hydroxylation sites is 3. The monoisotopic (exact) mass is 354 g/mol. The number of fused-ring (bicyclic) bond motifs is 1. The highest BCUT2D eigenvalue weighted by Crippen LogP contribution is 2.25. The molecule has 0 aliphatic heterocycles. The molecule has 0 radical (unpaired) electrons. The van der Waals surface area contributed by atoms with Gasteiger partial charge in [0.1, 0.15) is 5.75 Å². The van der Waals surface area contributed by atoms with E-state index >= 15 is 0 Å². The van der Waals surface area contributed by atoms with Crippen LogP contribution in [0, 0.1) is 0 Å². The van der Waals surface area contributed by atoms with Gasteiger partial charge in [0.25, 0.3) is 0 Å². The van der Waals surface area contributed by atoms with E-state index in [0.29, 0.717) is 6.54 Å². The number of hydrogen-bond acceptors (Lipinski definition) is 4. The van der Waals surface area contributed by atoms with Crippen LogP contribution in [0.5, 0.6) is 5.75 Å². The molecule has 1 aromatic heterocycles. The van der Waals surface area contributed by atoms with E-state index in [1.54, 1.807) is 0 Å². The molecule has 3 rings (SSSR count). The molecule has 0 aliphatic rings. The summed E-state index contributed by atoms with van der Waals surface area (Å²) >= 11 is 0. The topological polar surface area (TPSA) is 56.5 Å². The van der Waals surface area contributed by atoms with Crippen molar-refractivity contribution in [1.82, 2.24) is 9.55 Å². The summed E-state index contributed by atoms with van der Waals surface area (Å²) in [5, 5.41) is 10.4. The van der Waals surface area contributed by atoms with Crippen molar-refractivity contribution >= 4 is 11.0 Å². The Morgan fingerprint density at radius 1 is 1.00 bits per heavy atom.